The van der Waals surface area contributed by atoms with Crippen LogP contribution in [0, 0.1) is 52.3 Å². The van der Waals surface area contributed by atoms with Crippen LogP contribution in [0.25, 0.3) is 0 Å². The van der Waals surface area contributed by atoms with Gasteiger partial charge in [-0.1, -0.05) is 91.7 Å². The summed E-state index contributed by atoms with van der Waals surface area (Å²) in [7, 11) is 0. The molecule has 0 radical (unpaired) electrons. The highest BCUT2D eigenvalue weighted by Crippen LogP contribution is 2.67. The lowest BCUT2D eigenvalue weighted by molar-refractivity contribution is -0.0595. The zero-order valence-electron chi connectivity index (χ0n) is 32.7. The van der Waals surface area contributed by atoms with Crippen LogP contribution in [-0.2, 0) is 4.74 Å². The van der Waals surface area contributed by atoms with E-state index in [-0.39, 0.29) is 42.4 Å². The highest BCUT2D eigenvalue weighted by molar-refractivity contribution is 5.85. The molecule has 288 valence electrons. The Balaban J connectivity index is 0.00000417. The number of hydrogen-bond acceptors (Lipinski definition) is 4. The van der Waals surface area contributed by atoms with E-state index in [0.717, 1.165) is 132 Å². The zero-order valence-corrected chi connectivity index (χ0v) is 34.3. The largest absolute Gasteiger partial charge is 0.446 e. The van der Waals surface area contributed by atoms with Gasteiger partial charge in [-0.2, -0.15) is 0 Å². The summed E-state index contributed by atoms with van der Waals surface area (Å²) in [6.07, 6.45) is 25.6. The number of carbonyl (C=O) groups is 1. The Morgan fingerprint density at radius 2 is 1.49 bits per heavy atom. The average molecular weight is 729 g/mol. The molecule has 0 aromatic carbocycles. The van der Waals surface area contributed by atoms with E-state index < -0.39 is 0 Å². The van der Waals surface area contributed by atoms with Crippen molar-refractivity contribution in [1.29, 1.82) is 0 Å². The summed E-state index contributed by atoms with van der Waals surface area (Å²) in [4.78, 5) is 15.6. The highest BCUT2D eigenvalue weighted by Gasteiger charge is 2.59. The number of unbranched alkanes of at least 4 members (excludes halogenated alkanes) is 6. The number of hydrogen-bond donors (Lipinski definition) is 2. The van der Waals surface area contributed by atoms with Crippen molar-refractivity contribution in [2.75, 3.05) is 26.2 Å². The Morgan fingerprint density at radius 3 is 2.08 bits per heavy atom. The summed E-state index contributed by atoms with van der Waals surface area (Å²) in [5.41, 5.74) is 13.8. The molecule has 2 unspecified atom stereocenters. The molecule has 0 spiro atoms. The molecule has 7 heteroatoms. The molecule has 9 atom stereocenters. The molecule has 0 heterocycles. The van der Waals surface area contributed by atoms with E-state index in [1.54, 1.807) is 5.57 Å². The number of amides is 1. The molecule has 5 nitrogen and oxygen atoms in total. The van der Waals surface area contributed by atoms with E-state index in [0.29, 0.717) is 5.41 Å². The van der Waals surface area contributed by atoms with Crippen LogP contribution in [0.2, 0.25) is 0 Å². The molecule has 4 aliphatic carbocycles. The van der Waals surface area contributed by atoms with Gasteiger partial charge < -0.3 is 21.1 Å². The maximum atomic E-state index is 13.5. The second kappa shape index (κ2) is 21.3. The topological polar surface area (TPSA) is 81.6 Å². The third-order valence-corrected chi connectivity index (χ3v) is 14.6. The highest BCUT2D eigenvalue weighted by atomic mass is 35.5. The Bertz CT molecular complexity index is 979. The zero-order chi connectivity index (χ0) is 34.0. The van der Waals surface area contributed by atoms with E-state index >= 15 is 0 Å². The van der Waals surface area contributed by atoms with Gasteiger partial charge >= 0.3 is 6.09 Å². The molecule has 0 aliphatic heterocycles. The molecule has 4 aliphatic rings. The number of nitrogens with two attached hydrogens (primary N) is 2. The van der Waals surface area contributed by atoms with Crippen molar-refractivity contribution in [3.63, 3.8) is 0 Å². The maximum Gasteiger partial charge on any atom is 0.410 e. The van der Waals surface area contributed by atoms with Gasteiger partial charge in [0.05, 0.1) is 0 Å². The fourth-order valence-corrected chi connectivity index (χ4v) is 11.5. The molecule has 3 fully saturated rings. The quantitative estimate of drug-likeness (QED) is 0.102. The van der Waals surface area contributed by atoms with Crippen molar-refractivity contribution in [3.05, 3.63) is 11.6 Å². The molecular formula is C42H79Cl2N3O2. The lowest BCUT2D eigenvalue weighted by Gasteiger charge is -2.58. The first-order valence-electron chi connectivity index (χ1n) is 20.6. The van der Waals surface area contributed by atoms with Crippen molar-refractivity contribution in [3.8, 4) is 0 Å². The van der Waals surface area contributed by atoms with Gasteiger partial charge in [0.25, 0.3) is 0 Å². The number of rotatable bonds is 19. The number of fused-ring (bicyclic) bond motifs is 5. The summed E-state index contributed by atoms with van der Waals surface area (Å²) in [6, 6.07) is 0. The minimum Gasteiger partial charge on any atom is -0.446 e. The van der Waals surface area contributed by atoms with E-state index in [9.17, 15) is 4.79 Å². The van der Waals surface area contributed by atoms with Crippen LogP contribution in [0.3, 0.4) is 0 Å². The van der Waals surface area contributed by atoms with Crippen LogP contribution in [-0.4, -0.2) is 43.3 Å². The number of ether oxygens (including phenoxy) is 1. The SMILES string of the molecule is CCC(CCC(C)[C@H]1CC[C@H]2[C@@H]3CC=C4C[C@@H](OC(=O)N(CCCCCCN)CCCCCCN)CC[C@]4(C)[C@H]3CC[C@]12C)C(C)C.Cl.Cl. The third kappa shape index (κ3) is 11.0. The van der Waals surface area contributed by atoms with E-state index in [4.69, 9.17) is 16.2 Å². The summed E-state index contributed by atoms with van der Waals surface area (Å²) in [5.74, 6) is 5.97. The molecule has 3 saturated carbocycles. The fourth-order valence-electron chi connectivity index (χ4n) is 11.5. The number of carbonyl (C=O) groups excluding carboxylic acids is 1. The van der Waals surface area contributed by atoms with Gasteiger partial charge in [-0.3, -0.25) is 0 Å². The monoisotopic (exact) mass is 728 g/mol. The van der Waals surface area contributed by atoms with Crippen LogP contribution >= 0.6 is 24.8 Å². The molecule has 0 bridgehead atoms. The summed E-state index contributed by atoms with van der Waals surface area (Å²) >= 11 is 0. The minimum absolute atomic E-state index is 0. The first-order chi connectivity index (χ1) is 22.6. The molecular weight excluding hydrogens is 649 g/mol. The van der Waals surface area contributed by atoms with Gasteiger partial charge in [0.1, 0.15) is 6.10 Å². The maximum absolute atomic E-state index is 13.5. The minimum atomic E-state index is -0.0799. The van der Waals surface area contributed by atoms with E-state index in [2.05, 4.69) is 47.6 Å². The predicted octanol–water partition coefficient (Wildman–Crippen LogP) is 11.4. The lowest BCUT2D eigenvalue weighted by atomic mass is 9.47. The second-order valence-electron chi connectivity index (χ2n) is 17.6. The van der Waals surface area contributed by atoms with Crippen molar-refractivity contribution in [2.45, 2.75) is 170 Å². The van der Waals surface area contributed by atoms with Crippen molar-refractivity contribution >= 4 is 30.9 Å². The van der Waals surface area contributed by atoms with Gasteiger partial charge in [-0.15, -0.1) is 24.8 Å². The number of halogens is 2. The van der Waals surface area contributed by atoms with Crippen LogP contribution in [0.1, 0.15) is 164 Å². The van der Waals surface area contributed by atoms with Crippen molar-refractivity contribution in [1.82, 2.24) is 4.90 Å². The van der Waals surface area contributed by atoms with Gasteiger partial charge in [0.2, 0.25) is 0 Å². The molecule has 0 aromatic heterocycles. The molecule has 4 N–H and O–H groups in total. The Morgan fingerprint density at radius 1 is 0.857 bits per heavy atom. The van der Waals surface area contributed by atoms with Gasteiger partial charge in [-0.25, -0.2) is 4.79 Å². The molecule has 1 amide bonds. The summed E-state index contributed by atoms with van der Waals surface area (Å²) in [5, 5.41) is 0. The first-order valence-corrected chi connectivity index (χ1v) is 20.6. The molecule has 0 saturated heterocycles. The third-order valence-electron chi connectivity index (χ3n) is 14.6. The van der Waals surface area contributed by atoms with Gasteiger partial charge in [0.15, 0.2) is 0 Å². The smallest absolute Gasteiger partial charge is 0.410 e. The standard InChI is InChI=1S/C42H77N3O2.2ClH/c1-7-33(31(2)3)17-16-32(4)37-20-21-38-36-19-18-34-30-35(22-24-41(34,5)39(36)23-25-42(37,38)6)47-40(46)45(28-14-10-8-12-26-43)29-15-11-9-13-27-44;;/h18,31-33,35-39H,7-17,19-30,43-44H2,1-6H3;2*1H/t32?,33?,35-,36-,37+,38-,39-,41-,42+;;/m0../s1. The predicted molar refractivity (Wildman–Crippen MR) is 214 cm³/mol. The Kier molecular flexibility index (Phi) is 19.4. The first kappa shape index (κ1) is 44.7. The molecule has 4 rings (SSSR count). The van der Waals surface area contributed by atoms with E-state index in [1.807, 2.05) is 4.90 Å². The van der Waals surface area contributed by atoms with E-state index in [1.165, 1.54) is 57.8 Å². The number of nitrogens with zero attached hydrogens (tertiary/aromatic N) is 1. The second-order valence-corrected chi connectivity index (χ2v) is 17.6. The molecule has 49 heavy (non-hydrogen) atoms. The average Bonchev–Trinajstić information content (AvgIpc) is 3.41. The van der Waals surface area contributed by atoms with Crippen LogP contribution in [0.4, 0.5) is 4.79 Å². The van der Waals surface area contributed by atoms with Gasteiger partial charge in [0, 0.05) is 19.5 Å². The Labute approximate surface area is 315 Å². The molecule has 0 aromatic rings. The summed E-state index contributed by atoms with van der Waals surface area (Å²) in [6.45, 7) is 18.2. The van der Waals surface area contributed by atoms with Gasteiger partial charge in [-0.05, 0) is 142 Å². The van der Waals surface area contributed by atoms with Crippen LogP contribution in [0.5, 0.6) is 0 Å². The lowest BCUT2D eigenvalue weighted by Crippen LogP contribution is -2.51. The summed E-state index contributed by atoms with van der Waals surface area (Å²) < 4.78 is 6.33. The fraction of sp³-hybridized carbons (Fsp3) is 0.929. The van der Waals surface area contributed by atoms with Crippen LogP contribution in [0.15, 0.2) is 11.6 Å². The normalized spacial score (nSPS) is 31.7. The number of allylic oxidation sites excluding steroid dienone is 1. The van der Waals surface area contributed by atoms with Crippen molar-refractivity contribution < 1.29 is 9.53 Å². The Hall–Kier alpha value is -0.490. The van der Waals surface area contributed by atoms with Crippen molar-refractivity contribution in [2.24, 2.45) is 63.7 Å². The van der Waals surface area contributed by atoms with Crippen LogP contribution < -0.4 is 11.5 Å².